The lowest BCUT2D eigenvalue weighted by Gasteiger charge is -2.46. The number of aromatic hydroxyl groups is 1. The predicted octanol–water partition coefficient (Wildman–Crippen LogP) is 3.19. The van der Waals surface area contributed by atoms with Gasteiger partial charge in [-0.15, -0.1) is 0 Å². The Kier molecular flexibility index (Phi) is 3.68. The molecular weight excluding hydrogens is 250 g/mol. The van der Waals surface area contributed by atoms with Gasteiger partial charge in [0.15, 0.2) is 0 Å². The first-order chi connectivity index (χ1) is 9.63. The molecule has 0 aliphatic heterocycles. The number of hydrogen-bond acceptors (Lipinski definition) is 2. The Morgan fingerprint density at radius 2 is 2.20 bits per heavy atom. The second kappa shape index (κ2) is 5.47. The van der Waals surface area contributed by atoms with E-state index < -0.39 is 0 Å². The molecule has 1 amide bonds. The molecule has 3 nitrogen and oxygen atoms in total. The van der Waals surface area contributed by atoms with Crippen molar-refractivity contribution in [3.8, 4) is 5.75 Å². The van der Waals surface area contributed by atoms with Crippen LogP contribution in [0.25, 0.3) is 0 Å². The summed E-state index contributed by atoms with van der Waals surface area (Å²) in [6, 6.07) is 6.54. The molecule has 3 saturated carbocycles. The molecule has 0 saturated heterocycles. The molecule has 0 aromatic heterocycles. The van der Waals surface area contributed by atoms with Crippen molar-refractivity contribution < 1.29 is 9.90 Å². The Balaban J connectivity index is 1.58. The minimum atomic E-state index is -0.0741. The first-order valence-electron chi connectivity index (χ1n) is 7.70. The zero-order valence-corrected chi connectivity index (χ0v) is 12.0. The Hall–Kier alpha value is -1.51. The molecule has 3 unspecified atom stereocenters. The summed E-state index contributed by atoms with van der Waals surface area (Å²) in [5.41, 5.74) is 0.541. The van der Waals surface area contributed by atoms with E-state index in [1.807, 2.05) is 0 Å². The van der Waals surface area contributed by atoms with Crippen LogP contribution >= 0.6 is 0 Å². The maximum atomic E-state index is 12.1. The van der Waals surface area contributed by atoms with Crippen molar-refractivity contribution in [2.24, 2.45) is 23.7 Å². The Morgan fingerprint density at radius 1 is 1.35 bits per heavy atom. The van der Waals surface area contributed by atoms with E-state index in [1.165, 1.54) is 31.7 Å². The van der Waals surface area contributed by atoms with Crippen LogP contribution in [0.2, 0.25) is 0 Å². The summed E-state index contributed by atoms with van der Waals surface area (Å²) in [4.78, 5) is 12.1. The average molecular weight is 273 g/mol. The van der Waals surface area contributed by atoms with Crippen LogP contribution in [0.15, 0.2) is 24.3 Å². The number of rotatable bonds is 3. The fraction of sp³-hybridized carbons (Fsp3) is 0.588. The monoisotopic (exact) mass is 273 g/mol. The summed E-state index contributed by atoms with van der Waals surface area (Å²) >= 11 is 0. The van der Waals surface area contributed by atoms with E-state index in [0.29, 0.717) is 11.5 Å². The van der Waals surface area contributed by atoms with Crippen molar-refractivity contribution in [2.75, 3.05) is 6.54 Å². The first kappa shape index (κ1) is 13.5. The van der Waals surface area contributed by atoms with Gasteiger partial charge >= 0.3 is 0 Å². The van der Waals surface area contributed by atoms with Crippen molar-refractivity contribution in [1.29, 1.82) is 0 Å². The maximum absolute atomic E-state index is 12.1. The van der Waals surface area contributed by atoms with Gasteiger partial charge in [0.25, 0.3) is 5.91 Å². The third-order valence-corrected chi connectivity index (χ3v) is 5.22. The standard InChI is InChI=1S/C17H23NO2/c1-11-7-12-5-6-16(11)14(8-12)10-18-17(20)13-3-2-4-15(19)9-13/h2-4,9,11-12,14,16,19H,5-8,10H2,1H3,(H,18,20)/t11-,12?,14?,16?/m1/s1. The van der Waals surface area contributed by atoms with Gasteiger partial charge in [-0.3, -0.25) is 4.79 Å². The number of carbonyl (C=O) groups is 1. The summed E-state index contributed by atoms with van der Waals surface area (Å²) in [7, 11) is 0. The maximum Gasteiger partial charge on any atom is 0.251 e. The third kappa shape index (κ3) is 2.67. The van der Waals surface area contributed by atoms with Crippen LogP contribution in [0, 0.1) is 23.7 Å². The average Bonchev–Trinajstić information content (AvgIpc) is 2.45. The molecule has 20 heavy (non-hydrogen) atoms. The lowest BCUT2D eigenvalue weighted by Crippen LogP contribution is -2.42. The molecule has 3 fully saturated rings. The quantitative estimate of drug-likeness (QED) is 0.888. The van der Waals surface area contributed by atoms with Gasteiger partial charge in [-0.25, -0.2) is 0 Å². The number of nitrogens with one attached hydrogen (secondary N) is 1. The highest BCUT2D eigenvalue weighted by Gasteiger charge is 2.39. The molecule has 1 aromatic carbocycles. The van der Waals surface area contributed by atoms with Gasteiger partial charge in [0.05, 0.1) is 0 Å². The molecule has 2 bridgehead atoms. The molecule has 4 rings (SSSR count). The van der Waals surface area contributed by atoms with Crippen LogP contribution in [0.4, 0.5) is 0 Å². The number of phenolic OH excluding ortho intramolecular Hbond substituents is 1. The van der Waals surface area contributed by atoms with E-state index >= 15 is 0 Å². The summed E-state index contributed by atoms with van der Waals surface area (Å²) in [5, 5.41) is 12.5. The number of benzene rings is 1. The smallest absolute Gasteiger partial charge is 0.251 e. The van der Waals surface area contributed by atoms with E-state index in [2.05, 4.69) is 12.2 Å². The molecule has 3 heteroatoms. The topological polar surface area (TPSA) is 49.3 Å². The fourth-order valence-corrected chi connectivity index (χ4v) is 4.26. The van der Waals surface area contributed by atoms with Crippen molar-refractivity contribution in [3.63, 3.8) is 0 Å². The van der Waals surface area contributed by atoms with Crippen LogP contribution in [0.3, 0.4) is 0 Å². The van der Waals surface area contributed by atoms with Gasteiger partial charge in [0.1, 0.15) is 5.75 Å². The Labute approximate surface area is 120 Å². The minimum absolute atomic E-state index is 0.0741. The molecule has 0 radical (unpaired) electrons. The minimum Gasteiger partial charge on any atom is -0.508 e. The highest BCUT2D eigenvalue weighted by molar-refractivity contribution is 5.94. The van der Waals surface area contributed by atoms with Gasteiger partial charge in [-0.1, -0.05) is 19.4 Å². The van der Waals surface area contributed by atoms with Crippen molar-refractivity contribution in [2.45, 2.75) is 32.6 Å². The molecule has 0 spiro atoms. The van der Waals surface area contributed by atoms with E-state index in [9.17, 15) is 9.90 Å². The largest absolute Gasteiger partial charge is 0.508 e. The van der Waals surface area contributed by atoms with Crippen molar-refractivity contribution >= 4 is 5.91 Å². The highest BCUT2D eigenvalue weighted by atomic mass is 16.3. The van der Waals surface area contributed by atoms with Crippen LogP contribution < -0.4 is 5.32 Å². The molecule has 1 aromatic rings. The van der Waals surface area contributed by atoms with Crippen LogP contribution in [0.5, 0.6) is 5.75 Å². The van der Waals surface area contributed by atoms with Crippen molar-refractivity contribution in [1.82, 2.24) is 5.32 Å². The molecule has 3 aliphatic carbocycles. The second-order valence-corrected chi connectivity index (χ2v) is 6.58. The van der Waals surface area contributed by atoms with E-state index in [-0.39, 0.29) is 11.7 Å². The Morgan fingerprint density at radius 3 is 2.90 bits per heavy atom. The summed E-state index contributed by atoms with van der Waals surface area (Å²) in [5.74, 6) is 3.17. The lowest BCUT2D eigenvalue weighted by molar-refractivity contribution is 0.0444. The van der Waals surface area contributed by atoms with E-state index in [4.69, 9.17) is 0 Å². The molecule has 2 N–H and O–H groups in total. The second-order valence-electron chi connectivity index (χ2n) is 6.58. The van der Waals surface area contributed by atoms with E-state index in [0.717, 1.165) is 24.3 Å². The third-order valence-electron chi connectivity index (χ3n) is 5.22. The number of phenols is 1. The molecule has 0 heterocycles. The van der Waals surface area contributed by atoms with Gasteiger partial charge in [-0.05, 0) is 61.1 Å². The zero-order valence-electron chi connectivity index (χ0n) is 12.0. The van der Waals surface area contributed by atoms with Gasteiger partial charge in [0.2, 0.25) is 0 Å². The first-order valence-corrected chi connectivity index (χ1v) is 7.70. The molecule has 4 atom stereocenters. The molecule has 3 aliphatic rings. The zero-order chi connectivity index (χ0) is 14.1. The summed E-state index contributed by atoms with van der Waals surface area (Å²) in [6.45, 7) is 3.14. The predicted molar refractivity (Wildman–Crippen MR) is 78.5 cm³/mol. The number of fused-ring (bicyclic) bond motifs is 3. The van der Waals surface area contributed by atoms with Crippen LogP contribution in [0.1, 0.15) is 43.0 Å². The van der Waals surface area contributed by atoms with Crippen molar-refractivity contribution in [3.05, 3.63) is 29.8 Å². The SMILES string of the molecule is C[C@@H]1CC2CCC1C(CNC(=O)c1cccc(O)c1)C2. The van der Waals surface area contributed by atoms with Gasteiger partial charge < -0.3 is 10.4 Å². The van der Waals surface area contributed by atoms with Crippen LogP contribution in [-0.4, -0.2) is 17.6 Å². The van der Waals surface area contributed by atoms with E-state index in [1.54, 1.807) is 18.2 Å². The number of hydrogen-bond donors (Lipinski definition) is 2. The Bertz CT molecular complexity index is 500. The van der Waals surface area contributed by atoms with Gasteiger partial charge in [-0.2, -0.15) is 0 Å². The normalized spacial score (nSPS) is 32.0. The number of carbonyl (C=O) groups excluding carboxylic acids is 1. The summed E-state index contributed by atoms with van der Waals surface area (Å²) < 4.78 is 0. The number of amides is 1. The molecule has 108 valence electrons. The van der Waals surface area contributed by atoms with Gasteiger partial charge in [0, 0.05) is 12.1 Å². The van der Waals surface area contributed by atoms with Crippen LogP contribution in [-0.2, 0) is 0 Å². The lowest BCUT2D eigenvalue weighted by atomic mass is 9.60. The highest BCUT2D eigenvalue weighted by Crippen LogP contribution is 2.47. The molecular formula is C17H23NO2. The summed E-state index contributed by atoms with van der Waals surface area (Å²) in [6.07, 6.45) is 5.36. The fourth-order valence-electron chi connectivity index (χ4n) is 4.26.